The van der Waals surface area contributed by atoms with Crippen molar-refractivity contribution < 1.29 is 4.79 Å². The molecule has 0 aromatic carbocycles. The van der Waals surface area contributed by atoms with Gasteiger partial charge in [-0.25, -0.2) is 0 Å². The average Bonchev–Trinajstić information content (AvgIpc) is 2.57. The van der Waals surface area contributed by atoms with E-state index >= 15 is 0 Å². The van der Waals surface area contributed by atoms with Crippen LogP contribution in [-0.4, -0.2) is 10.4 Å². The second kappa shape index (κ2) is 2.97. The van der Waals surface area contributed by atoms with Crippen molar-refractivity contribution in [1.29, 1.82) is 0 Å². The Kier molecular flexibility index (Phi) is 1.76. The second-order valence-electron chi connectivity index (χ2n) is 4.39. The molecule has 2 heterocycles. The number of carbonyl (C=O) groups is 1. The highest BCUT2D eigenvalue weighted by molar-refractivity contribution is 5.97. The third kappa shape index (κ3) is 1.06. The Hall–Kier alpha value is -1.05. The molecule has 1 aromatic rings. The zero-order valence-corrected chi connectivity index (χ0v) is 8.38. The highest BCUT2D eigenvalue weighted by Gasteiger charge is 2.25. The van der Waals surface area contributed by atoms with Crippen LogP contribution in [0.25, 0.3) is 0 Å². The van der Waals surface area contributed by atoms with Crippen LogP contribution in [0.4, 0.5) is 0 Å². The van der Waals surface area contributed by atoms with Crippen LogP contribution in [0.2, 0.25) is 0 Å². The maximum atomic E-state index is 11.8. The summed E-state index contributed by atoms with van der Waals surface area (Å²) in [4.78, 5) is 11.8. The Morgan fingerprint density at radius 1 is 1.07 bits per heavy atom. The fraction of sp³-hybridized carbons (Fsp3) is 0.583. The van der Waals surface area contributed by atoms with Crippen molar-refractivity contribution in [2.24, 2.45) is 0 Å². The zero-order chi connectivity index (χ0) is 9.54. The number of Topliss-reactive ketones (excluding diaryl/α,β-unsaturated/α-hetero) is 1. The summed E-state index contributed by atoms with van der Waals surface area (Å²) < 4.78 is 2.28. The van der Waals surface area contributed by atoms with Gasteiger partial charge in [0.25, 0.3) is 0 Å². The maximum absolute atomic E-state index is 11.8. The fourth-order valence-electron chi connectivity index (χ4n) is 2.78. The lowest BCUT2D eigenvalue weighted by molar-refractivity contribution is 0.0962. The molecule has 2 aliphatic rings. The monoisotopic (exact) mass is 189 g/mol. The molecule has 3 rings (SSSR count). The van der Waals surface area contributed by atoms with E-state index in [4.69, 9.17) is 0 Å². The topological polar surface area (TPSA) is 22.0 Å². The van der Waals surface area contributed by atoms with Gasteiger partial charge in [-0.3, -0.25) is 4.79 Å². The third-order valence-corrected chi connectivity index (χ3v) is 3.44. The first-order valence-electron chi connectivity index (χ1n) is 5.61. The first kappa shape index (κ1) is 8.27. The van der Waals surface area contributed by atoms with Crippen molar-refractivity contribution in [3.8, 4) is 0 Å². The van der Waals surface area contributed by atoms with E-state index in [1.165, 1.54) is 30.5 Å². The van der Waals surface area contributed by atoms with E-state index in [0.29, 0.717) is 5.78 Å². The van der Waals surface area contributed by atoms with Gasteiger partial charge in [0.15, 0.2) is 5.78 Å². The summed E-state index contributed by atoms with van der Waals surface area (Å²) in [6.45, 7) is 1.07. The first-order valence-corrected chi connectivity index (χ1v) is 5.61. The normalized spacial score (nSPS) is 20.4. The molecule has 1 aliphatic heterocycles. The van der Waals surface area contributed by atoms with Crippen molar-refractivity contribution >= 4 is 5.78 Å². The molecule has 0 amide bonds. The molecular weight excluding hydrogens is 174 g/mol. The van der Waals surface area contributed by atoms with Crippen LogP contribution in [0.1, 0.15) is 47.4 Å². The Morgan fingerprint density at radius 2 is 2.00 bits per heavy atom. The average molecular weight is 189 g/mol. The third-order valence-electron chi connectivity index (χ3n) is 3.44. The Bertz CT molecular complexity index is 389. The summed E-state index contributed by atoms with van der Waals surface area (Å²) in [5, 5.41) is 0. The van der Waals surface area contributed by atoms with Crippen LogP contribution >= 0.6 is 0 Å². The number of rotatable bonds is 0. The number of aromatic nitrogens is 1. The molecule has 0 N–H and O–H groups in total. The molecule has 0 saturated heterocycles. The second-order valence-corrected chi connectivity index (χ2v) is 4.39. The van der Waals surface area contributed by atoms with Crippen LogP contribution in [-0.2, 0) is 19.4 Å². The summed E-state index contributed by atoms with van der Waals surface area (Å²) in [6.07, 6.45) is 6.62. The molecule has 0 bridgehead atoms. The van der Waals surface area contributed by atoms with Gasteiger partial charge in [-0.1, -0.05) is 0 Å². The number of hydrogen-bond acceptors (Lipinski definition) is 1. The Labute approximate surface area is 83.9 Å². The highest BCUT2D eigenvalue weighted by Crippen LogP contribution is 2.28. The molecular formula is C12H15NO. The van der Waals surface area contributed by atoms with Crippen molar-refractivity contribution in [2.75, 3.05) is 0 Å². The van der Waals surface area contributed by atoms with Crippen molar-refractivity contribution in [2.45, 2.75) is 45.1 Å². The van der Waals surface area contributed by atoms with Gasteiger partial charge in [0.05, 0.1) is 5.69 Å². The standard InChI is InChI=1S/C12H15NO/c14-11-6-3-4-9-8-10-5-1-2-7-13(10)12(9)11/h8H,1-7H2. The number of nitrogens with zero attached hydrogens (tertiary/aromatic N) is 1. The molecule has 2 nitrogen and oxygen atoms in total. The van der Waals surface area contributed by atoms with Gasteiger partial charge < -0.3 is 4.57 Å². The minimum Gasteiger partial charge on any atom is -0.342 e. The molecule has 0 atom stereocenters. The summed E-state index contributed by atoms with van der Waals surface area (Å²) in [5.41, 5.74) is 3.76. The number of aryl methyl sites for hydroxylation is 2. The minimum atomic E-state index is 0.374. The number of hydrogen-bond donors (Lipinski definition) is 0. The molecule has 2 heteroatoms. The summed E-state index contributed by atoms with van der Waals surface area (Å²) in [5.74, 6) is 0.374. The molecule has 0 unspecified atom stereocenters. The maximum Gasteiger partial charge on any atom is 0.179 e. The molecule has 74 valence electrons. The molecule has 1 aromatic heterocycles. The quantitative estimate of drug-likeness (QED) is 0.614. The summed E-state index contributed by atoms with van der Waals surface area (Å²) >= 11 is 0. The zero-order valence-electron chi connectivity index (χ0n) is 8.38. The van der Waals surface area contributed by atoms with E-state index in [1.54, 1.807) is 0 Å². The lowest BCUT2D eigenvalue weighted by atomic mass is 9.97. The van der Waals surface area contributed by atoms with E-state index in [9.17, 15) is 4.79 Å². The summed E-state index contributed by atoms with van der Waals surface area (Å²) in [6, 6.07) is 2.27. The van der Waals surface area contributed by atoms with E-state index in [2.05, 4.69) is 10.6 Å². The van der Waals surface area contributed by atoms with Crippen LogP contribution < -0.4 is 0 Å². The van der Waals surface area contributed by atoms with Gasteiger partial charge in [0.2, 0.25) is 0 Å². The lowest BCUT2D eigenvalue weighted by Gasteiger charge is -2.19. The molecule has 0 fully saturated rings. The first-order chi connectivity index (χ1) is 6.86. The molecule has 14 heavy (non-hydrogen) atoms. The number of carbonyl (C=O) groups excluding carboxylic acids is 1. The fourth-order valence-corrected chi connectivity index (χ4v) is 2.78. The molecule has 1 aliphatic carbocycles. The SMILES string of the molecule is O=C1CCCc2cc3n(c21)CCCC3. The van der Waals surface area contributed by atoms with E-state index < -0.39 is 0 Å². The summed E-state index contributed by atoms with van der Waals surface area (Å²) in [7, 11) is 0. The van der Waals surface area contributed by atoms with Gasteiger partial charge >= 0.3 is 0 Å². The molecule has 0 radical (unpaired) electrons. The van der Waals surface area contributed by atoms with E-state index in [0.717, 1.165) is 31.5 Å². The van der Waals surface area contributed by atoms with Crippen LogP contribution in [0.3, 0.4) is 0 Å². The minimum absolute atomic E-state index is 0.374. The van der Waals surface area contributed by atoms with Crippen molar-refractivity contribution in [3.05, 3.63) is 23.0 Å². The van der Waals surface area contributed by atoms with E-state index in [-0.39, 0.29) is 0 Å². The molecule has 0 spiro atoms. The van der Waals surface area contributed by atoms with Crippen LogP contribution in [0, 0.1) is 0 Å². The lowest BCUT2D eigenvalue weighted by Crippen LogP contribution is -2.18. The Morgan fingerprint density at radius 3 is 2.93 bits per heavy atom. The van der Waals surface area contributed by atoms with Gasteiger partial charge in [0, 0.05) is 18.7 Å². The number of ketones is 1. The van der Waals surface area contributed by atoms with Crippen molar-refractivity contribution in [3.63, 3.8) is 0 Å². The van der Waals surface area contributed by atoms with Gasteiger partial charge in [-0.05, 0) is 43.7 Å². The van der Waals surface area contributed by atoms with Crippen LogP contribution in [0.5, 0.6) is 0 Å². The smallest absolute Gasteiger partial charge is 0.179 e. The van der Waals surface area contributed by atoms with Gasteiger partial charge in [-0.2, -0.15) is 0 Å². The van der Waals surface area contributed by atoms with Crippen molar-refractivity contribution in [1.82, 2.24) is 4.57 Å². The predicted octanol–water partition coefficient (Wildman–Crippen LogP) is 2.34. The van der Waals surface area contributed by atoms with Gasteiger partial charge in [0.1, 0.15) is 0 Å². The number of fused-ring (bicyclic) bond motifs is 3. The molecule has 0 saturated carbocycles. The largest absolute Gasteiger partial charge is 0.342 e. The Balaban J connectivity index is 2.16. The predicted molar refractivity (Wildman–Crippen MR) is 54.6 cm³/mol. The van der Waals surface area contributed by atoms with Gasteiger partial charge in [-0.15, -0.1) is 0 Å². The highest BCUT2D eigenvalue weighted by atomic mass is 16.1. The van der Waals surface area contributed by atoms with Crippen LogP contribution in [0.15, 0.2) is 6.07 Å². The van der Waals surface area contributed by atoms with E-state index in [1.807, 2.05) is 0 Å².